The minimum absolute atomic E-state index is 0.0621. The monoisotopic (exact) mass is 319 g/mol. The average Bonchev–Trinajstić information content (AvgIpc) is 2.80. The van der Waals surface area contributed by atoms with Crippen LogP contribution in [0.3, 0.4) is 0 Å². The molecule has 2 N–H and O–H groups in total. The van der Waals surface area contributed by atoms with E-state index in [1.54, 1.807) is 0 Å². The molecule has 0 bridgehead atoms. The first-order chi connectivity index (χ1) is 11.3. The van der Waals surface area contributed by atoms with Crippen molar-refractivity contribution in [1.82, 2.24) is 15.3 Å². The van der Waals surface area contributed by atoms with E-state index < -0.39 is 0 Å². The Labute approximate surface area is 136 Å². The summed E-state index contributed by atoms with van der Waals surface area (Å²) in [6.07, 6.45) is 3.75. The van der Waals surface area contributed by atoms with E-state index >= 15 is 0 Å². The second kappa shape index (κ2) is 7.59. The summed E-state index contributed by atoms with van der Waals surface area (Å²) in [7, 11) is 0. The molecule has 0 saturated carbocycles. The first kappa shape index (κ1) is 16.0. The highest BCUT2D eigenvalue weighted by Crippen LogP contribution is 2.18. The van der Waals surface area contributed by atoms with Gasteiger partial charge in [0.05, 0.1) is 13.2 Å². The number of carbonyl (C=O) groups excluding carboxylic acids is 1. The number of aromatic nitrogens is 2. The Morgan fingerprint density at radius 2 is 2.17 bits per heavy atom. The maximum atomic E-state index is 12.1. The Kier molecular flexibility index (Phi) is 5.27. The van der Waals surface area contributed by atoms with Crippen molar-refractivity contribution < 1.29 is 9.53 Å². The number of nitrogens with zero attached hydrogens (tertiary/aromatic N) is 3. The summed E-state index contributed by atoms with van der Waals surface area (Å²) in [5.74, 6) is 1.52. The SMILES string of the molecule is CCc1cc(N[C@H]2CCCCNC2=O)nc(N2CCOCC2)n1. The summed E-state index contributed by atoms with van der Waals surface area (Å²) in [4.78, 5) is 23.5. The first-order valence-corrected chi connectivity index (χ1v) is 8.51. The predicted molar refractivity (Wildman–Crippen MR) is 88.7 cm³/mol. The molecule has 1 amide bonds. The number of hydrogen-bond donors (Lipinski definition) is 2. The average molecular weight is 319 g/mol. The lowest BCUT2D eigenvalue weighted by atomic mass is 10.1. The highest BCUT2D eigenvalue weighted by molar-refractivity contribution is 5.84. The summed E-state index contributed by atoms with van der Waals surface area (Å²) < 4.78 is 5.39. The van der Waals surface area contributed by atoms with Crippen LogP contribution >= 0.6 is 0 Å². The van der Waals surface area contributed by atoms with Crippen LogP contribution in [0.1, 0.15) is 31.9 Å². The van der Waals surface area contributed by atoms with E-state index in [-0.39, 0.29) is 11.9 Å². The molecule has 0 unspecified atom stereocenters. The Morgan fingerprint density at radius 1 is 1.35 bits per heavy atom. The molecule has 23 heavy (non-hydrogen) atoms. The summed E-state index contributed by atoms with van der Waals surface area (Å²) in [6, 6.07) is 1.73. The molecular weight excluding hydrogens is 294 g/mol. The summed E-state index contributed by atoms with van der Waals surface area (Å²) in [6.45, 7) is 5.85. The number of morpholine rings is 1. The lowest BCUT2D eigenvalue weighted by molar-refractivity contribution is -0.121. The van der Waals surface area contributed by atoms with Crippen LogP contribution in [0.25, 0.3) is 0 Å². The maximum absolute atomic E-state index is 12.1. The molecule has 0 aliphatic carbocycles. The molecule has 7 nitrogen and oxygen atoms in total. The molecule has 3 heterocycles. The minimum Gasteiger partial charge on any atom is -0.378 e. The van der Waals surface area contributed by atoms with Crippen LogP contribution in [0.2, 0.25) is 0 Å². The molecule has 1 aromatic rings. The van der Waals surface area contributed by atoms with Crippen LogP contribution in [-0.2, 0) is 16.0 Å². The van der Waals surface area contributed by atoms with Gasteiger partial charge in [-0.3, -0.25) is 4.79 Å². The lowest BCUT2D eigenvalue weighted by Crippen LogP contribution is -2.39. The fourth-order valence-electron chi connectivity index (χ4n) is 2.90. The number of nitrogens with one attached hydrogen (secondary N) is 2. The van der Waals surface area contributed by atoms with Crippen molar-refractivity contribution in [2.45, 2.75) is 38.6 Å². The van der Waals surface area contributed by atoms with Crippen molar-refractivity contribution in [3.8, 4) is 0 Å². The standard InChI is InChI=1S/C16H25N5O2/c1-2-12-11-14(19-13-5-3-4-6-17-15(13)22)20-16(18-12)21-7-9-23-10-8-21/h11,13H,2-10H2,1H3,(H,17,22)(H,18,19,20)/t13-/m0/s1. The van der Waals surface area contributed by atoms with Gasteiger partial charge in [-0.2, -0.15) is 4.98 Å². The van der Waals surface area contributed by atoms with Crippen molar-refractivity contribution in [3.63, 3.8) is 0 Å². The zero-order valence-electron chi connectivity index (χ0n) is 13.7. The maximum Gasteiger partial charge on any atom is 0.242 e. The molecule has 126 valence electrons. The van der Waals surface area contributed by atoms with Gasteiger partial charge in [0, 0.05) is 31.4 Å². The lowest BCUT2D eigenvalue weighted by Gasteiger charge is -2.27. The van der Waals surface area contributed by atoms with Crippen molar-refractivity contribution in [2.24, 2.45) is 0 Å². The van der Waals surface area contributed by atoms with Gasteiger partial charge in [-0.15, -0.1) is 0 Å². The molecular formula is C16H25N5O2. The van der Waals surface area contributed by atoms with Gasteiger partial charge in [0.15, 0.2) is 0 Å². The molecule has 7 heteroatoms. The van der Waals surface area contributed by atoms with E-state index in [0.717, 1.165) is 62.8 Å². The van der Waals surface area contributed by atoms with E-state index in [1.165, 1.54) is 0 Å². The van der Waals surface area contributed by atoms with Crippen molar-refractivity contribution in [1.29, 1.82) is 0 Å². The van der Waals surface area contributed by atoms with Gasteiger partial charge in [-0.25, -0.2) is 4.98 Å². The van der Waals surface area contributed by atoms with E-state index in [0.29, 0.717) is 13.2 Å². The molecule has 0 aromatic carbocycles. The fourth-order valence-corrected chi connectivity index (χ4v) is 2.90. The van der Waals surface area contributed by atoms with E-state index in [1.807, 2.05) is 6.07 Å². The Morgan fingerprint density at radius 3 is 2.96 bits per heavy atom. The van der Waals surface area contributed by atoms with E-state index in [9.17, 15) is 4.79 Å². The number of anilines is 2. The summed E-state index contributed by atoms with van der Waals surface area (Å²) in [5.41, 5.74) is 0.984. The largest absolute Gasteiger partial charge is 0.378 e. The predicted octanol–water partition coefficient (Wildman–Crippen LogP) is 0.956. The second-order valence-corrected chi connectivity index (χ2v) is 5.98. The first-order valence-electron chi connectivity index (χ1n) is 8.51. The minimum atomic E-state index is -0.213. The van der Waals surface area contributed by atoms with Crippen LogP contribution in [0.4, 0.5) is 11.8 Å². The topological polar surface area (TPSA) is 79.4 Å². The van der Waals surface area contributed by atoms with Gasteiger partial charge in [-0.05, 0) is 25.7 Å². The Hall–Kier alpha value is -1.89. The van der Waals surface area contributed by atoms with Crippen molar-refractivity contribution in [2.75, 3.05) is 43.1 Å². The molecule has 1 aromatic heterocycles. The van der Waals surface area contributed by atoms with Crippen LogP contribution < -0.4 is 15.5 Å². The van der Waals surface area contributed by atoms with Gasteiger partial charge in [0.1, 0.15) is 11.9 Å². The number of hydrogen-bond acceptors (Lipinski definition) is 6. The molecule has 2 aliphatic rings. The molecule has 3 rings (SSSR count). The van der Waals surface area contributed by atoms with Gasteiger partial charge >= 0.3 is 0 Å². The summed E-state index contributed by atoms with van der Waals surface area (Å²) in [5, 5.41) is 6.25. The smallest absolute Gasteiger partial charge is 0.242 e. The van der Waals surface area contributed by atoms with Crippen LogP contribution in [0, 0.1) is 0 Å². The third-order valence-corrected chi connectivity index (χ3v) is 4.28. The highest BCUT2D eigenvalue weighted by atomic mass is 16.5. The highest BCUT2D eigenvalue weighted by Gasteiger charge is 2.22. The molecule has 2 aliphatic heterocycles. The van der Waals surface area contributed by atoms with Gasteiger partial charge < -0.3 is 20.3 Å². The van der Waals surface area contributed by atoms with E-state index in [4.69, 9.17) is 4.74 Å². The van der Waals surface area contributed by atoms with Crippen LogP contribution in [-0.4, -0.2) is 54.8 Å². The Balaban J connectivity index is 1.78. The molecule has 0 spiro atoms. The number of ether oxygens (including phenoxy) is 1. The zero-order chi connectivity index (χ0) is 16.1. The van der Waals surface area contributed by atoms with Crippen LogP contribution in [0.5, 0.6) is 0 Å². The summed E-state index contributed by atoms with van der Waals surface area (Å²) >= 11 is 0. The fraction of sp³-hybridized carbons (Fsp3) is 0.688. The van der Waals surface area contributed by atoms with Crippen LogP contribution in [0.15, 0.2) is 6.07 Å². The van der Waals surface area contributed by atoms with Gasteiger partial charge in [0.2, 0.25) is 11.9 Å². The quantitative estimate of drug-likeness (QED) is 0.860. The van der Waals surface area contributed by atoms with Gasteiger partial charge in [-0.1, -0.05) is 6.92 Å². The number of aryl methyl sites for hydroxylation is 1. The zero-order valence-corrected chi connectivity index (χ0v) is 13.7. The number of amides is 1. The second-order valence-electron chi connectivity index (χ2n) is 5.98. The van der Waals surface area contributed by atoms with Crippen molar-refractivity contribution in [3.05, 3.63) is 11.8 Å². The normalized spacial score (nSPS) is 22.4. The number of rotatable bonds is 4. The Bertz CT molecular complexity index is 545. The molecule has 0 radical (unpaired) electrons. The third-order valence-electron chi connectivity index (χ3n) is 4.28. The van der Waals surface area contributed by atoms with E-state index in [2.05, 4.69) is 32.4 Å². The third kappa shape index (κ3) is 4.10. The van der Waals surface area contributed by atoms with Crippen molar-refractivity contribution >= 4 is 17.7 Å². The molecule has 1 atom stereocenters. The van der Waals surface area contributed by atoms with Gasteiger partial charge in [0.25, 0.3) is 0 Å². The molecule has 2 fully saturated rings. The number of carbonyl (C=O) groups is 1. The molecule has 2 saturated heterocycles.